The summed E-state index contributed by atoms with van der Waals surface area (Å²) in [6.45, 7) is 0.803. The highest BCUT2D eigenvalue weighted by molar-refractivity contribution is 7.17. The molecule has 1 atom stereocenters. The maximum atomic E-state index is 11.7. The van der Waals surface area contributed by atoms with Gasteiger partial charge in [-0.3, -0.25) is 4.79 Å². The van der Waals surface area contributed by atoms with Crippen LogP contribution in [0.4, 0.5) is 5.00 Å². The van der Waals surface area contributed by atoms with Gasteiger partial charge in [-0.1, -0.05) is 0 Å². The number of nitrogens with zero attached hydrogens (tertiary/aromatic N) is 1. The molecule has 0 bridgehead atoms. The first-order valence-corrected chi connectivity index (χ1v) is 6.26. The summed E-state index contributed by atoms with van der Waals surface area (Å²) in [6, 6.07) is 3.19. The molecule has 2 rings (SSSR count). The van der Waals surface area contributed by atoms with Crippen LogP contribution in [0.25, 0.3) is 0 Å². The van der Waals surface area contributed by atoms with Gasteiger partial charge in [0.25, 0.3) is 0 Å². The minimum Gasteiger partial charge on any atom is -0.477 e. The molecule has 1 aromatic heterocycles. The van der Waals surface area contributed by atoms with Crippen LogP contribution in [-0.2, 0) is 4.79 Å². The molecule has 17 heavy (non-hydrogen) atoms. The highest BCUT2D eigenvalue weighted by atomic mass is 32.1. The van der Waals surface area contributed by atoms with Crippen molar-refractivity contribution in [1.82, 2.24) is 5.32 Å². The fraction of sp³-hybridized carbons (Fsp3) is 0.455. The number of aromatic carboxylic acids is 1. The molecule has 2 N–H and O–H groups in total. The number of hydrogen-bond acceptors (Lipinski definition) is 4. The van der Waals surface area contributed by atoms with Crippen LogP contribution in [-0.4, -0.2) is 36.6 Å². The molecule has 0 saturated carbocycles. The van der Waals surface area contributed by atoms with Crippen molar-refractivity contribution >= 4 is 28.2 Å². The van der Waals surface area contributed by atoms with Crippen molar-refractivity contribution in [3.05, 3.63) is 17.0 Å². The Morgan fingerprint density at radius 3 is 2.88 bits per heavy atom. The number of rotatable bonds is 3. The normalized spacial score (nSPS) is 19.4. The van der Waals surface area contributed by atoms with Crippen LogP contribution < -0.4 is 10.2 Å². The monoisotopic (exact) mass is 254 g/mol. The van der Waals surface area contributed by atoms with Crippen LogP contribution in [0.3, 0.4) is 0 Å². The van der Waals surface area contributed by atoms with E-state index in [1.807, 2.05) is 4.90 Å². The quantitative estimate of drug-likeness (QED) is 0.849. The van der Waals surface area contributed by atoms with Gasteiger partial charge < -0.3 is 15.3 Å². The van der Waals surface area contributed by atoms with Gasteiger partial charge in [0.15, 0.2) is 0 Å². The third-order valence-electron chi connectivity index (χ3n) is 2.89. The average Bonchev–Trinajstić information content (AvgIpc) is 2.95. The summed E-state index contributed by atoms with van der Waals surface area (Å²) in [5.74, 6) is -0.926. The van der Waals surface area contributed by atoms with Gasteiger partial charge in [0.05, 0.1) is 5.00 Å². The predicted octanol–water partition coefficient (Wildman–Crippen LogP) is 1.16. The first-order chi connectivity index (χ1) is 8.13. The number of carbonyl (C=O) groups excluding carboxylic acids is 1. The van der Waals surface area contributed by atoms with E-state index in [-0.39, 0.29) is 11.9 Å². The molecular formula is C11H14N2O3S. The molecule has 2 heterocycles. The van der Waals surface area contributed by atoms with Crippen LogP contribution >= 0.6 is 11.3 Å². The molecule has 1 unspecified atom stereocenters. The van der Waals surface area contributed by atoms with Crippen molar-refractivity contribution in [2.24, 2.45) is 0 Å². The summed E-state index contributed by atoms with van der Waals surface area (Å²) < 4.78 is 0. The smallest absolute Gasteiger partial charge is 0.345 e. The second-order valence-electron chi connectivity index (χ2n) is 3.91. The number of nitrogens with one attached hydrogen (secondary N) is 1. The molecule has 0 aromatic carbocycles. The van der Waals surface area contributed by atoms with Gasteiger partial charge >= 0.3 is 5.97 Å². The first-order valence-electron chi connectivity index (χ1n) is 5.45. The lowest BCUT2D eigenvalue weighted by Gasteiger charge is -2.23. The number of carbonyl (C=O) groups is 2. The lowest BCUT2D eigenvalue weighted by atomic mass is 10.2. The maximum absolute atomic E-state index is 11.7. The number of amides is 1. The fourth-order valence-corrected chi connectivity index (χ4v) is 2.99. The number of carboxylic acid groups (broad SMARTS) is 1. The minimum absolute atomic E-state index is 0.00669. The molecule has 5 nitrogen and oxygen atoms in total. The fourth-order valence-electron chi connectivity index (χ4n) is 2.07. The Kier molecular flexibility index (Phi) is 3.33. The zero-order valence-corrected chi connectivity index (χ0v) is 10.3. The third kappa shape index (κ3) is 2.26. The summed E-state index contributed by atoms with van der Waals surface area (Å²) in [5, 5.41) is 12.4. The van der Waals surface area contributed by atoms with Crippen LogP contribution in [0, 0.1) is 0 Å². The average molecular weight is 254 g/mol. The number of hydrogen-bond donors (Lipinski definition) is 2. The van der Waals surface area contributed by atoms with Crippen molar-refractivity contribution in [3.63, 3.8) is 0 Å². The summed E-state index contributed by atoms with van der Waals surface area (Å²) in [5.41, 5.74) is 0. The lowest BCUT2D eigenvalue weighted by Crippen LogP contribution is -2.41. The number of thiophene rings is 1. The van der Waals surface area contributed by atoms with Gasteiger partial charge in [-0.05, 0) is 25.0 Å². The predicted molar refractivity (Wildman–Crippen MR) is 65.7 cm³/mol. The zero-order chi connectivity index (χ0) is 12.4. The van der Waals surface area contributed by atoms with Crippen LogP contribution in [0.5, 0.6) is 0 Å². The van der Waals surface area contributed by atoms with E-state index in [9.17, 15) is 9.59 Å². The topological polar surface area (TPSA) is 69.6 Å². The second-order valence-corrected chi connectivity index (χ2v) is 4.97. The van der Waals surface area contributed by atoms with Crippen molar-refractivity contribution in [2.75, 3.05) is 18.5 Å². The first kappa shape index (κ1) is 11.9. The molecule has 1 fully saturated rings. The molecule has 1 aromatic rings. The standard InChI is InChI=1S/C11H14N2O3S/c1-12-10(14)7-3-2-6-13(7)9-5-4-8(17-9)11(15)16/h4-5,7H,2-3,6H2,1H3,(H,12,14)(H,15,16). The van der Waals surface area contributed by atoms with E-state index in [4.69, 9.17) is 5.11 Å². The Bertz CT molecular complexity index is 444. The minimum atomic E-state index is -0.920. The molecule has 1 aliphatic rings. The van der Waals surface area contributed by atoms with E-state index in [0.717, 1.165) is 24.4 Å². The highest BCUT2D eigenvalue weighted by Gasteiger charge is 2.31. The lowest BCUT2D eigenvalue weighted by molar-refractivity contribution is -0.121. The van der Waals surface area contributed by atoms with E-state index in [1.54, 1.807) is 19.2 Å². The Morgan fingerprint density at radius 2 is 2.29 bits per heavy atom. The number of likely N-dealkylation sites (N-methyl/N-ethyl adjacent to an activating group) is 1. The molecule has 1 aliphatic heterocycles. The van der Waals surface area contributed by atoms with Crippen molar-refractivity contribution in [3.8, 4) is 0 Å². The molecule has 1 saturated heterocycles. The molecular weight excluding hydrogens is 240 g/mol. The second kappa shape index (κ2) is 4.75. The van der Waals surface area contributed by atoms with Gasteiger partial charge in [0, 0.05) is 13.6 Å². The summed E-state index contributed by atoms with van der Waals surface area (Å²) >= 11 is 1.22. The number of anilines is 1. The third-order valence-corrected chi connectivity index (χ3v) is 4.00. The Balaban J connectivity index is 2.20. The van der Waals surface area contributed by atoms with Gasteiger partial charge in [-0.2, -0.15) is 0 Å². The molecule has 92 valence electrons. The van der Waals surface area contributed by atoms with Gasteiger partial charge in [0.2, 0.25) is 5.91 Å². The van der Waals surface area contributed by atoms with Crippen LogP contribution in [0.1, 0.15) is 22.5 Å². The molecule has 0 radical (unpaired) electrons. The van der Waals surface area contributed by atoms with E-state index in [2.05, 4.69) is 5.32 Å². The zero-order valence-electron chi connectivity index (χ0n) is 9.47. The Labute approximate surface area is 103 Å². The van der Waals surface area contributed by atoms with E-state index >= 15 is 0 Å². The van der Waals surface area contributed by atoms with Gasteiger partial charge in [-0.25, -0.2) is 4.79 Å². The van der Waals surface area contributed by atoms with Crippen molar-refractivity contribution in [1.29, 1.82) is 0 Å². The largest absolute Gasteiger partial charge is 0.477 e. The maximum Gasteiger partial charge on any atom is 0.345 e. The van der Waals surface area contributed by atoms with Gasteiger partial charge in [-0.15, -0.1) is 11.3 Å². The van der Waals surface area contributed by atoms with Crippen LogP contribution in [0.15, 0.2) is 12.1 Å². The summed E-state index contributed by atoms with van der Waals surface area (Å²) in [6.07, 6.45) is 1.78. The summed E-state index contributed by atoms with van der Waals surface area (Å²) in [7, 11) is 1.62. The van der Waals surface area contributed by atoms with E-state index in [1.165, 1.54) is 11.3 Å². The Hall–Kier alpha value is -1.56. The Morgan fingerprint density at radius 1 is 1.53 bits per heavy atom. The van der Waals surface area contributed by atoms with Gasteiger partial charge in [0.1, 0.15) is 10.9 Å². The van der Waals surface area contributed by atoms with Crippen molar-refractivity contribution in [2.45, 2.75) is 18.9 Å². The molecule has 0 aliphatic carbocycles. The summed E-state index contributed by atoms with van der Waals surface area (Å²) in [4.78, 5) is 24.8. The molecule has 1 amide bonds. The SMILES string of the molecule is CNC(=O)C1CCCN1c1ccc(C(=O)O)s1. The number of carboxylic acids is 1. The van der Waals surface area contributed by atoms with E-state index in [0.29, 0.717) is 4.88 Å². The van der Waals surface area contributed by atoms with E-state index < -0.39 is 5.97 Å². The highest BCUT2D eigenvalue weighted by Crippen LogP contribution is 2.32. The van der Waals surface area contributed by atoms with Crippen LogP contribution in [0.2, 0.25) is 0 Å². The molecule has 0 spiro atoms. The molecule has 6 heteroatoms. The van der Waals surface area contributed by atoms with Crippen molar-refractivity contribution < 1.29 is 14.7 Å².